The fraction of sp³-hybridized carbons (Fsp3) is 0.125. The third kappa shape index (κ3) is 2.89. The molecule has 0 fully saturated rings. The van der Waals surface area contributed by atoms with Crippen LogP contribution in [0.15, 0.2) is 27.1 Å². The molecular formula is C8H8N4O5S2. The van der Waals surface area contributed by atoms with Crippen LogP contribution in [-0.4, -0.2) is 18.5 Å². The highest BCUT2D eigenvalue weighted by molar-refractivity contribution is 7.91. The van der Waals surface area contributed by atoms with E-state index in [1.54, 1.807) is 0 Å². The van der Waals surface area contributed by atoms with Crippen LogP contribution in [0.3, 0.4) is 0 Å². The Morgan fingerprint density at radius 2 is 2.32 bits per heavy atom. The molecule has 0 bridgehead atoms. The Labute approximate surface area is 111 Å². The van der Waals surface area contributed by atoms with Crippen LogP contribution < -0.4 is 10.5 Å². The standard InChI is InChI=1S/C8H8N4O5S2/c9-8-6(12(13)14)3-7(18-8)19(15,16)11-4-5-1-2-10-17-5/h1-3,11H,4,9H2. The summed E-state index contributed by atoms with van der Waals surface area (Å²) < 4.78 is 30.5. The van der Waals surface area contributed by atoms with Gasteiger partial charge in [0.05, 0.1) is 17.7 Å². The normalized spacial score (nSPS) is 11.6. The summed E-state index contributed by atoms with van der Waals surface area (Å²) in [5, 5.41) is 13.9. The summed E-state index contributed by atoms with van der Waals surface area (Å²) in [5.41, 5.74) is 4.96. The fourth-order valence-electron chi connectivity index (χ4n) is 1.22. The number of nitrogens with two attached hydrogens (primary N) is 1. The van der Waals surface area contributed by atoms with Crippen molar-refractivity contribution in [3.05, 3.63) is 34.2 Å². The summed E-state index contributed by atoms with van der Waals surface area (Å²) in [4.78, 5) is 9.87. The minimum atomic E-state index is -3.88. The number of rotatable bonds is 5. The summed E-state index contributed by atoms with van der Waals surface area (Å²) in [6.07, 6.45) is 1.37. The van der Waals surface area contributed by atoms with Gasteiger partial charge in [-0.15, -0.1) is 0 Å². The Morgan fingerprint density at radius 3 is 2.84 bits per heavy atom. The molecule has 0 saturated heterocycles. The Kier molecular flexibility index (Phi) is 3.50. The minimum Gasteiger partial charge on any atom is -0.385 e. The highest BCUT2D eigenvalue weighted by Crippen LogP contribution is 2.34. The molecule has 0 amide bonds. The molecule has 3 N–H and O–H groups in total. The lowest BCUT2D eigenvalue weighted by molar-refractivity contribution is -0.383. The topological polar surface area (TPSA) is 141 Å². The van der Waals surface area contributed by atoms with E-state index in [9.17, 15) is 18.5 Å². The number of nitro groups is 1. The third-order valence-electron chi connectivity index (χ3n) is 2.11. The smallest absolute Gasteiger partial charge is 0.304 e. The second-order valence-corrected chi connectivity index (χ2v) is 6.45. The maximum atomic E-state index is 11.9. The summed E-state index contributed by atoms with van der Waals surface area (Å²) in [7, 11) is -3.88. The fourth-order valence-corrected chi connectivity index (χ4v) is 3.47. The van der Waals surface area contributed by atoms with Crippen LogP contribution in [0.4, 0.5) is 10.7 Å². The van der Waals surface area contributed by atoms with Crippen LogP contribution in [0.25, 0.3) is 0 Å². The molecule has 0 aromatic carbocycles. The number of aromatic nitrogens is 1. The van der Waals surface area contributed by atoms with Crippen molar-refractivity contribution in [3.63, 3.8) is 0 Å². The van der Waals surface area contributed by atoms with Crippen LogP contribution in [0, 0.1) is 10.1 Å². The Morgan fingerprint density at radius 1 is 1.58 bits per heavy atom. The molecule has 2 heterocycles. The number of nitrogen functional groups attached to an aromatic ring is 1. The first-order valence-corrected chi connectivity index (χ1v) is 7.13. The minimum absolute atomic E-state index is 0.103. The maximum absolute atomic E-state index is 11.9. The van der Waals surface area contributed by atoms with Crippen LogP contribution in [0.5, 0.6) is 0 Å². The van der Waals surface area contributed by atoms with Gasteiger partial charge in [-0.2, -0.15) is 0 Å². The molecule has 11 heteroatoms. The molecular weight excluding hydrogens is 296 g/mol. The monoisotopic (exact) mass is 304 g/mol. The van der Waals surface area contributed by atoms with Gasteiger partial charge < -0.3 is 10.3 Å². The zero-order chi connectivity index (χ0) is 14.0. The lowest BCUT2D eigenvalue weighted by atomic mass is 10.5. The van der Waals surface area contributed by atoms with Crippen LogP contribution >= 0.6 is 11.3 Å². The predicted molar refractivity (Wildman–Crippen MR) is 65.9 cm³/mol. The SMILES string of the molecule is Nc1sc(S(=O)(=O)NCc2ccno2)cc1[N+](=O)[O-]. The molecule has 0 saturated carbocycles. The van der Waals surface area contributed by atoms with E-state index in [4.69, 9.17) is 10.3 Å². The van der Waals surface area contributed by atoms with Gasteiger partial charge in [0, 0.05) is 12.1 Å². The number of hydrogen-bond acceptors (Lipinski definition) is 8. The maximum Gasteiger partial charge on any atom is 0.304 e. The van der Waals surface area contributed by atoms with Gasteiger partial charge in [0.15, 0.2) is 10.8 Å². The second-order valence-electron chi connectivity index (χ2n) is 3.38. The number of nitrogens with zero attached hydrogens (tertiary/aromatic N) is 2. The highest BCUT2D eigenvalue weighted by Gasteiger charge is 2.24. The van der Waals surface area contributed by atoms with Crippen molar-refractivity contribution in [1.82, 2.24) is 9.88 Å². The van der Waals surface area contributed by atoms with E-state index in [1.165, 1.54) is 12.3 Å². The third-order valence-corrected chi connectivity index (χ3v) is 4.94. The number of thiophene rings is 1. The summed E-state index contributed by atoms with van der Waals surface area (Å²) in [6, 6.07) is 2.41. The lowest BCUT2D eigenvalue weighted by Gasteiger charge is -2.00. The zero-order valence-electron chi connectivity index (χ0n) is 9.27. The van der Waals surface area contributed by atoms with E-state index in [0.717, 1.165) is 6.07 Å². The number of nitrogens with one attached hydrogen (secondary N) is 1. The van der Waals surface area contributed by atoms with Crippen molar-refractivity contribution in [2.45, 2.75) is 10.8 Å². The summed E-state index contributed by atoms with van der Waals surface area (Å²) in [5.74, 6) is 0.322. The second kappa shape index (κ2) is 4.95. The Balaban J connectivity index is 2.20. The van der Waals surface area contributed by atoms with Crippen molar-refractivity contribution in [2.75, 3.05) is 5.73 Å². The van der Waals surface area contributed by atoms with Crippen molar-refractivity contribution < 1.29 is 17.9 Å². The van der Waals surface area contributed by atoms with E-state index in [2.05, 4.69) is 9.88 Å². The van der Waals surface area contributed by atoms with Crippen LogP contribution in [-0.2, 0) is 16.6 Å². The zero-order valence-corrected chi connectivity index (χ0v) is 10.9. The summed E-state index contributed by atoms with van der Waals surface area (Å²) in [6.45, 7) is -0.103. The van der Waals surface area contributed by atoms with Gasteiger partial charge in [0.1, 0.15) is 4.21 Å². The molecule has 0 radical (unpaired) electrons. The number of hydrogen-bond donors (Lipinski definition) is 2. The molecule has 0 aliphatic heterocycles. The number of sulfonamides is 1. The largest absolute Gasteiger partial charge is 0.385 e. The van der Waals surface area contributed by atoms with Gasteiger partial charge in [-0.3, -0.25) is 10.1 Å². The molecule has 102 valence electrons. The van der Waals surface area contributed by atoms with E-state index in [0.29, 0.717) is 17.1 Å². The van der Waals surface area contributed by atoms with E-state index in [1.807, 2.05) is 0 Å². The van der Waals surface area contributed by atoms with Crippen molar-refractivity contribution in [2.24, 2.45) is 0 Å². The van der Waals surface area contributed by atoms with Gasteiger partial charge in [0.2, 0.25) is 0 Å². The van der Waals surface area contributed by atoms with Gasteiger partial charge in [0.25, 0.3) is 10.0 Å². The molecule has 0 aliphatic carbocycles. The van der Waals surface area contributed by atoms with E-state index < -0.39 is 20.6 Å². The molecule has 0 unspecified atom stereocenters. The lowest BCUT2D eigenvalue weighted by Crippen LogP contribution is -2.22. The summed E-state index contributed by atoms with van der Waals surface area (Å²) >= 11 is 0.626. The van der Waals surface area contributed by atoms with Gasteiger partial charge in [-0.1, -0.05) is 16.5 Å². The first-order chi connectivity index (χ1) is 8.90. The predicted octanol–water partition coefficient (Wildman–Crippen LogP) is 0.705. The molecule has 9 nitrogen and oxygen atoms in total. The molecule has 0 aliphatic rings. The average Bonchev–Trinajstić information content (AvgIpc) is 2.95. The molecule has 0 spiro atoms. The molecule has 19 heavy (non-hydrogen) atoms. The van der Waals surface area contributed by atoms with Crippen LogP contribution in [0.1, 0.15) is 5.76 Å². The Hall–Kier alpha value is -1.98. The quantitative estimate of drug-likeness (QED) is 0.611. The van der Waals surface area contributed by atoms with Crippen LogP contribution in [0.2, 0.25) is 0 Å². The highest BCUT2D eigenvalue weighted by atomic mass is 32.2. The molecule has 2 aromatic rings. The van der Waals surface area contributed by atoms with Crippen molar-refractivity contribution in [1.29, 1.82) is 0 Å². The molecule has 0 atom stereocenters. The Bertz CT molecular complexity index is 691. The first kappa shape index (κ1) is 13.5. The van der Waals surface area contributed by atoms with Gasteiger partial charge in [-0.05, 0) is 0 Å². The van der Waals surface area contributed by atoms with E-state index in [-0.39, 0.29) is 15.8 Å². The molecule has 2 rings (SSSR count). The molecule has 2 aromatic heterocycles. The van der Waals surface area contributed by atoms with Crippen molar-refractivity contribution in [3.8, 4) is 0 Å². The van der Waals surface area contributed by atoms with Gasteiger partial charge >= 0.3 is 5.69 Å². The first-order valence-electron chi connectivity index (χ1n) is 4.83. The number of anilines is 1. The average molecular weight is 304 g/mol. The van der Waals surface area contributed by atoms with E-state index >= 15 is 0 Å². The van der Waals surface area contributed by atoms with Gasteiger partial charge in [-0.25, -0.2) is 13.1 Å². The van der Waals surface area contributed by atoms with Crippen molar-refractivity contribution >= 4 is 32.0 Å².